The van der Waals surface area contributed by atoms with Crippen LogP contribution in [0.25, 0.3) is 0 Å². The summed E-state index contributed by atoms with van der Waals surface area (Å²) < 4.78 is 5.23. The quantitative estimate of drug-likeness (QED) is 0.686. The van der Waals surface area contributed by atoms with Crippen LogP contribution in [-0.2, 0) is 20.7 Å². The van der Waals surface area contributed by atoms with Crippen LogP contribution in [0, 0.1) is 0 Å². The highest BCUT2D eigenvalue weighted by Crippen LogP contribution is 2.18. The van der Waals surface area contributed by atoms with Gasteiger partial charge in [-0.2, -0.15) is 0 Å². The summed E-state index contributed by atoms with van der Waals surface area (Å²) in [5.41, 5.74) is 0.230. The minimum Gasteiger partial charge on any atom is -0.444 e. The van der Waals surface area contributed by atoms with Crippen LogP contribution in [-0.4, -0.2) is 42.1 Å². The molecule has 7 nitrogen and oxygen atoms in total. The molecule has 0 radical (unpaired) electrons. The van der Waals surface area contributed by atoms with Gasteiger partial charge in [-0.3, -0.25) is 9.59 Å². The van der Waals surface area contributed by atoms with E-state index in [9.17, 15) is 14.4 Å². The molecule has 26 heavy (non-hydrogen) atoms. The third-order valence-corrected chi connectivity index (χ3v) is 3.66. The Morgan fingerprint density at radius 2 is 1.81 bits per heavy atom. The van der Waals surface area contributed by atoms with Crippen LogP contribution in [0.15, 0.2) is 30.3 Å². The Bertz CT molecular complexity index is 636. The predicted molar refractivity (Wildman–Crippen MR) is 97.5 cm³/mol. The summed E-state index contributed by atoms with van der Waals surface area (Å²) >= 11 is 0. The minimum absolute atomic E-state index is 0.114. The Morgan fingerprint density at radius 1 is 1.15 bits per heavy atom. The number of carbonyl (C=O) groups is 3. The van der Waals surface area contributed by atoms with Crippen LogP contribution < -0.4 is 16.0 Å². The van der Waals surface area contributed by atoms with E-state index in [1.54, 1.807) is 20.8 Å². The highest BCUT2D eigenvalue weighted by Gasteiger charge is 2.26. The number of hydrogen-bond donors (Lipinski definition) is 3. The maximum atomic E-state index is 12.5. The number of carbonyl (C=O) groups excluding carboxylic acids is 3. The van der Waals surface area contributed by atoms with Crippen molar-refractivity contribution in [2.45, 2.75) is 57.7 Å². The number of alkyl carbamates (subject to hydrolysis) is 1. The summed E-state index contributed by atoms with van der Waals surface area (Å²) in [5.74, 6) is -0.651. The van der Waals surface area contributed by atoms with Crippen molar-refractivity contribution in [3.8, 4) is 0 Å². The summed E-state index contributed by atoms with van der Waals surface area (Å²) in [6.07, 6.45) is 1.60. The monoisotopic (exact) mass is 361 g/mol. The second kappa shape index (κ2) is 8.69. The average Bonchev–Trinajstić information content (AvgIpc) is 3.35. The molecule has 1 aliphatic rings. The number of nitrogens with one attached hydrogen (secondary N) is 3. The lowest BCUT2D eigenvalue weighted by atomic mass is 10.1. The highest BCUT2D eigenvalue weighted by atomic mass is 16.6. The van der Waals surface area contributed by atoms with Crippen molar-refractivity contribution < 1.29 is 19.1 Å². The zero-order valence-corrected chi connectivity index (χ0v) is 15.5. The van der Waals surface area contributed by atoms with Crippen LogP contribution in [0.1, 0.15) is 39.2 Å². The van der Waals surface area contributed by atoms with Crippen LogP contribution in [0.5, 0.6) is 0 Å². The molecule has 1 aliphatic carbocycles. The van der Waals surface area contributed by atoms with Gasteiger partial charge in [0.1, 0.15) is 11.6 Å². The molecule has 1 fully saturated rings. The van der Waals surface area contributed by atoms with Crippen LogP contribution >= 0.6 is 0 Å². The molecule has 2 rings (SSSR count). The summed E-state index contributed by atoms with van der Waals surface area (Å²) in [7, 11) is 0. The number of ether oxygens (including phenoxy) is 1. The summed E-state index contributed by atoms with van der Waals surface area (Å²) in [4.78, 5) is 36.3. The highest BCUT2D eigenvalue weighted by molar-refractivity contribution is 5.89. The normalized spacial score (nSPS) is 14.9. The molecule has 0 saturated heterocycles. The van der Waals surface area contributed by atoms with E-state index in [-0.39, 0.29) is 18.5 Å². The summed E-state index contributed by atoms with van der Waals surface area (Å²) in [5, 5.41) is 7.98. The van der Waals surface area contributed by atoms with E-state index in [1.165, 1.54) is 0 Å². The fourth-order valence-corrected chi connectivity index (χ4v) is 2.31. The lowest BCUT2D eigenvalue weighted by Gasteiger charge is -2.23. The van der Waals surface area contributed by atoms with Crippen molar-refractivity contribution in [1.82, 2.24) is 16.0 Å². The molecule has 1 saturated carbocycles. The SMILES string of the molecule is CC(C)(C)OC(=O)NC(Cc1ccccc1)C(=O)NCC(=O)NC1CC1. The predicted octanol–water partition coefficient (Wildman–Crippen LogP) is 1.52. The maximum Gasteiger partial charge on any atom is 0.408 e. The fourth-order valence-electron chi connectivity index (χ4n) is 2.31. The molecular weight excluding hydrogens is 334 g/mol. The van der Waals surface area contributed by atoms with Gasteiger partial charge in [-0.25, -0.2) is 4.79 Å². The van der Waals surface area contributed by atoms with Gasteiger partial charge in [0.05, 0.1) is 6.54 Å². The average molecular weight is 361 g/mol. The summed E-state index contributed by atoms with van der Waals surface area (Å²) in [6.45, 7) is 5.14. The van der Waals surface area contributed by atoms with E-state index in [0.717, 1.165) is 18.4 Å². The third-order valence-electron chi connectivity index (χ3n) is 3.66. The van der Waals surface area contributed by atoms with Crippen molar-refractivity contribution in [1.29, 1.82) is 0 Å². The largest absolute Gasteiger partial charge is 0.444 e. The number of amides is 3. The third kappa shape index (κ3) is 7.55. The molecule has 7 heteroatoms. The molecular formula is C19H27N3O4. The first kappa shape index (κ1) is 19.8. The first-order valence-electron chi connectivity index (χ1n) is 8.83. The van der Waals surface area contributed by atoms with Gasteiger partial charge in [-0.15, -0.1) is 0 Å². The van der Waals surface area contributed by atoms with Crippen molar-refractivity contribution in [3.63, 3.8) is 0 Å². The van der Waals surface area contributed by atoms with Crippen LogP contribution in [0.2, 0.25) is 0 Å². The topological polar surface area (TPSA) is 96.5 Å². The second-order valence-corrected chi connectivity index (χ2v) is 7.45. The van der Waals surface area contributed by atoms with Gasteiger partial charge in [0, 0.05) is 12.5 Å². The maximum absolute atomic E-state index is 12.5. The fraction of sp³-hybridized carbons (Fsp3) is 0.526. The second-order valence-electron chi connectivity index (χ2n) is 7.45. The van der Waals surface area contributed by atoms with Gasteiger partial charge in [0.2, 0.25) is 11.8 Å². The lowest BCUT2D eigenvalue weighted by molar-refractivity contribution is -0.127. The van der Waals surface area contributed by atoms with Crippen molar-refractivity contribution in [2.24, 2.45) is 0 Å². The van der Waals surface area contributed by atoms with Crippen LogP contribution in [0.3, 0.4) is 0 Å². The lowest BCUT2D eigenvalue weighted by Crippen LogP contribution is -2.51. The van der Waals surface area contributed by atoms with Gasteiger partial charge < -0.3 is 20.7 Å². The van der Waals surface area contributed by atoms with E-state index >= 15 is 0 Å². The Morgan fingerprint density at radius 3 is 2.38 bits per heavy atom. The number of hydrogen-bond acceptors (Lipinski definition) is 4. The molecule has 0 aliphatic heterocycles. The van der Waals surface area contributed by atoms with E-state index in [4.69, 9.17) is 4.74 Å². The molecule has 0 aromatic heterocycles. The van der Waals surface area contributed by atoms with E-state index in [1.807, 2.05) is 30.3 Å². The van der Waals surface area contributed by atoms with Gasteiger partial charge in [0.15, 0.2) is 0 Å². The standard InChI is InChI=1S/C19H27N3O4/c1-19(2,3)26-18(25)22-15(11-13-7-5-4-6-8-13)17(24)20-12-16(23)21-14-9-10-14/h4-8,14-15H,9-12H2,1-3H3,(H,20,24)(H,21,23)(H,22,25). The van der Waals surface area contributed by atoms with Crippen molar-refractivity contribution in [2.75, 3.05) is 6.54 Å². The van der Waals surface area contributed by atoms with E-state index in [2.05, 4.69) is 16.0 Å². The Labute approximate surface area is 153 Å². The molecule has 1 atom stereocenters. The molecule has 0 spiro atoms. The number of rotatable bonds is 7. The van der Waals surface area contributed by atoms with Gasteiger partial charge in [0.25, 0.3) is 0 Å². The Kier molecular flexibility index (Phi) is 6.60. The zero-order valence-electron chi connectivity index (χ0n) is 15.5. The summed E-state index contributed by atoms with van der Waals surface area (Å²) in [6, 6.07) is 8.75. The molecule has 0 heterocycles. The van der Waals surface area contributed by atoms with Gasteiger partial charge in [-0.05, 0) is 39.2 Å². The van der Waals surface area contributed by atoms with Crippen molar-refractivity contribution >= 4 is 17.9 Å². The first-order valence-corrected chi connectivity index (χ1v) is 8.83. The Hall–Kier alpha value is -2.57. The Balaban J connectivity index is 1.94. The first-order chi connectivity index (χ1) is 12.2. The molecule has 3 amide bonds. The minimum atomic E-state index is -0.832. The molecule has 1 aromatic carbocycles. The molecule has 1 aromatic rings. The smallest absolute Gasteiger partial charge is 0.408 e. The van der Waals surface area contributed by atoms with Crippen LogP contribution in [0.4, 0.5) is 4.79 Å². The molecule has 1 unspecified atom stereocenters. The van der Waals surface area contributed by atoms with E-state index < -0.39 is 23.6 Å². The van der Waals surface area contributed by atoms with Crippen molar-refractivity contribution in [3.05, 3.63) is 35.9 Å². The van der Waals surface area contributed by atoms with Gasteiger partial charge >= 0.3 is 6.09 Å². The molecule has 0 bridgehead atoms. The molecule has 3 N–H and O–H groups in total. The number of benzene rings is 1. The molecule has 142 valence electrons. The zero-order chi connectivity index (χ0) is 19.2. The van der Waals surface area contributed by atoms with Gasteiger partial charge in [-0.1, -0.05) is 30.3 Å². The van der Waals surface area contributed by atoms with E-state index in [0.29, 0.717) is 6.42 Å².